The van der Waals surface area contributed by atoms with E-state index in [0.717, 1.165) is 5.75 Å². The van der Waals surface area contributed by atoms with Gasteiger partial charge in [-0.3, -0.25) is 9.69 Å². The SMILES string of the molecule is COc1ccc(N2C(=O)C(=Cc3ccco3)N=C2SCCOc2ccc(C)cc2)cc1Cl. The van der Waals surface area contributed by atoms with Gasteiger partial charge in [0.15, 0.2) is 5.17 Å². The summed E-state index contributed by atoms with van der Waals surface area (Å²) in [5.41, 5.74) is 2.07. The lowest BCUT2D eigenvalue weighted by atomic mass is 10.2. The Morgan fingerprint density at radius 1 is 1.19 bits per heavy atom. The molecule has 0 aliphatic carbocycles. The third-order valence-electron chi connectivity index (χ3n) is 4.65. The molecule has 0 fully saturated rings. The maximum Gasteiger partial charge on any atom is 0.283 e. The van der Waals surface area contributed by atoms with Crippen LogP contribution < -0.4 is 14.4 Å². The lowest BCUT2D eigenvalue weighted by Gasteiger charge is -2.18. The fourth-order valence-corrected chi connectivity index (χ4v) is 4.13. The van der Waals surface area contributed by atoms with E-state index in [1.165, 1.54) is 22.2 Å². The van der Waals surface area contributed by atoms with Crippen LogP contribution in [0.25, 0.3) is 6.08 Å². The highest BCUT2D eigenvalue weighted by Gasteiger charge is 2.32. The van der Waals surface area contributed by atoms with Crippen molar-refractivity contribution in [3.05, 3.63) is 82.9 Å². The van der Waals surface area contributed by atoms with E-state index in [1.807, 2.05) is 31.2 Å². The first kappa shape index (κ1) is 22.0. The van der Waals surface area contributed by atoms with Crippen LogP contribution in [-0.2, 0) is 4.79 Å². The van der Waals surface area contributed by atoms with Crippen molar-refractivity contribution < 1.29 is 18.7 Å². The summed E-state index contributed by atoms with van der Waals surface area (Å²) in [7, 11) is 1.54. The second-order valence-electron chi connectivity index (χ2n) is 6.91. The van der Waals surface area contributed by atoms with E-state index in [2.05, 4.69) is 4.99 Å². The van der Waals surface area contributed by atoms with Gasteiger partial charge >= 0.3 is 0 Å². The number of ether oxygens (including phenoxy) is 2. The molecular weight excluding hydrogens is 448 g/mol. The van der Waals surface area contributed by atoms with Crippen LogP contribution in [0.2, 0.25) is 5.02 Å². The first-order chi connectivity index (χ1) is 15.5. The number of amides is 1. The summed E-state index contributed by atoms with van der Waals surface area (Å²) < 4.78 is 16.4. The van der Waals surface area contributed by atoms with Crippen molar-refractivity contribution >= 4 is 46.2 Å². The summed E-state index contributed by atoms with van der Waals surface area (Å²) >= 11 is 7.73. The maximum absolute atomic E-state index is 13.2. The zero-order valence-electron chi connectivity index (χ0n) is 17.6. The zero-order valence-corrected chi connectivity index (χ0v) is 19.2. The summed E-state index contributed by atoms with van der Waals surface area (Å²) in [6.07, 6.45) is 3.17. The van der Waals surface area contributed by atoms with Gasteiger partial charge in [0.2, 0.25) is 0 Å². The van der Waals surface area contributed by atoms with Gasteiger partial charge in [-0.15, -0.1) is 0 Å². The maximum atomic E-state index is 13.2. The number of amidine groups is 1. The predicted octanol–water partition coefficient (Wildman–Crippen LogP) is 5.81. The minimum atomic E-state index is -0.260. The fourth-order valence-electron chi connectivity index (χ4n) is 3.05. The molecule has 1 aliphatic heterocycles. The highest BCUT2D eigenvalue weighted by atomic mass is 35.5. The molecule has 0 spiro atoms. The molecule has 0 bridgehead atoms. The molecule has 164 valence electrons. The number of nitrogens with zero attached hydrogens (tertiary/aromatic N) is 2. The number of benzene rings is 2. The van der Waals surface area contributed by atoms with Gasteiger partial charge in [-0.2, -0.15) is 0 Å². The average molecular weight is 469 g/mol. The summed E-state index contributed by atoms with van der Waals surface area (Å²) in [4.78, 5) is 19.3. The van der Waals surface area contributed by atoms with Crippen molar-refractivity contribution in [2.45, 2.75) is 6.92 Å². The largest absolute Gasteiger partial charge is 0.495 e. The van der Waals surface area contributed by atoms with Crippen LogP contribution in [0.4, 0.5) is 5.69 Å². The van der Waals surface area contributed by atoms with Crippen LogP contribution in [0.5, 0.6) is 11.5 Å². The van der Waals surface area contributed by atoms with E-state index in [4.69, 9.17) is 25.5 Å². The van der Waals surface area contributed by atoms with Crippen LogP contribution >= 0.6 is 23.4 Å². The van der Waals surface area contributed by atoms with Gasteiger partial charge in [-0.25, -0.2) is 4.99 Å². The molecule has 2 heterocycles. The summed E-state index contributed by atoms with van der Waals surface area (Å²) in [5, 5.41) is 0.954. The summed E-state index contributed by atoms with van der Waals surface area (Å²) in [6, 6.07) is 16.6. The van der Waals surface area contributed by atoms with E-state index in [9.17, 15) is 4.79 Å². The highest BCUT2D eigenvalue weighted by Crippen LogP contribution is 2.34. The van der Waals surface area contributed by atoms with Gasteiger partial charge in [0, 0.05) is 11.8 Å². The summed E-state index contributed by atoms with van der Waals surface area (Å²) in [5.74, 6) is 2.24. The lowest BCUT2D eigenvalue weighted by molar-refractivity contribution is -0.113. The Bertz CT molecular complexity index is 1160. The number of aliphatic imine (C=N–C) groups is 1. The average Bonchev–Trinajstić information content (AvgIpc) is 3.41. The van der Waals surface area contributed by atoms with Crippen LogP contribution in [0.15, 0.2) is 76.0 Å². The number of carbonyl (C=O) groups is 1. The standard InChI is InChI=1S/C24H21ClN2O4S/c1-16-5-8-18(9-6-16)31-12-13-32-24-26-21(15-19-4-3-11-30-19)23(28)27(24)17-7-10-22(29-2)20(25)14-17/h3-11,14-15H,12-13H2,1-2H3. The molecule has 6 nitrogen and oxygen atoms in total. The number of thioether (sulfide) groups is 1. The zero-order chi connectivity index (χ0) is 22.5. The minimum Gasteiger partial charge on any atom is -0.495 e. The Hall–Kier alpha value is -3.16. The topological polar surface area (TPSA) is 64.3 Å². The lowest BCUT2D eigenvalue weighted by Crippen LogP contribution is -2.30. The smallest absolute Gasteiger partial charge is 0.283 e. The Kier molecular flexibility index (Phi) is 6.87. The van der Waals surface area contributed by atoms with E-state index in [1.54, 1.807) is 49.8 Å². The molecule has 1 amide bonds. The van der Waals surface area contributed by atoms with Crippen LogP contribution in [0, 0.1) is 6.92 Å². The molecule has 8 heteroatoms. The first-order valence-electron chi connectivity index (χ1n) is 9.89. The molecule has 3 aromatic rings. The van der Waals surface area contributed by atoms with Crippen molar-refractivity contribution in [2.24, 2.45) is 4.99 Å². The molecule has 32 heavy (non-hydrogen) atoms. The molecule has 2 aromatic carbocycles. The number of aryl methyl sites for hydroxylation is 1. The first-order valence-corrected chi connectivity index (χ1v) is 11.3. The number of carbonyl (C=O) groups excluding carboxylic acids is 1. The Labute approximate surface area is 195 Å². The molecule has 1 aromatic heterocycles. The van der Waals surface area contributed by atoms with E-state index in [0.29, 0.717) is 39.7 Å². The number of rotatable bonds is 7. The number of halogens is 1. The second kappa shape index (κ2) is 9.97. The van der Waals surface area contributed by atoms with E-state index in [-0.39, 0.29) is 11.6 Å². The van der Waals surface area contributed by atoms with Gasteiger partial charge in [0.1, 0.15) is 23.0 Å². The molecule has 0 unspecified atom stereocenters. The quantitative estimate of drug-likeness (QED) is 0.323. The Morgan fingerprint density at radius 3 is 2.69 bits per heavy atom. The monoisotopic (exact) mass is 468 g/mol. The third-order valence-corrected chi connectivity index (χ3v) is 5.85. The number of methoxy groups -OCH3 is 1. The minimum absolute atomic E-state index is 0.260. The van der Waals surface area contributed by atoms with Gasteiger partial charge in [0.05, 0.1) is 30.7 Å². The number of furan rings is 1. The van der Waals surface area contributed by atoms with Crippen molar-refractivity contribution in [3.63, 3.8) is 0 Å². The summed E-state index contributed by atoms with van der Waals surface area (Å²) in [6.45, 7) is 2.50. The van der Waals surface area contributed by atoms with Crippen molar-refractivity contribution in [1.82, 2.24) is 0 Å². The normalized spacial score (nSPS) is 14.7. The molecule has 0 N–H and O–H groups in total. The Balaban J connectivity index is 1.53. The van der Waals surface area contributed by atoms with Crippen molar-refractivity contribution in [3.8, 4) is 11.5 Å². The van der Waals surface area contributed by atoms with Gasteiger partial charge in [-0.1, -0.05) is 41.1 Å². The second-order valence-corrected chi connectivity index (χ2v) is 8.38. The van der Waals surface area contributed by atoms with Crippen LogP contribution in [0.3, 0.4) is 0 Å². The Morgan fingerprint density at radius 2 is 2.00 bits per heavy atom. The van der Waals surface area contributed by atoms with Gasteiger partial charge < -0.3 is 13.9 Å². The van der Waals surface area contributed by atoms with Crippen LogP contribution in [-0.4, -0.2) is 30.5 Å². The number of anilines is 1. The number of hydrogen-bond donors (Lipinski definition) is 0. The van der Waals surface area contributed by atoms with Crippen molar-refractivity contribution in [1.29, 1.82) is 0 Å². The predicted molar refractivity (Wildman–Crippen MR) is 129 cm³/mol. The fraction of sp³-hybridized carbons (Fsp3) is 0.167. The molecule has 0 atom stereocenters. The number of hydrogen-bond acceptors (Lipinski definition) is 6. The van der Waals surface area contributed by atoms with Crippen molar-refractivity contribution in [2.75, 3.05) is 24.4 Å². The van der Waals surface area contributed by atoms with E-state index < -0.39 is 0 Å². The van der Waals surface area contributed by atoms with Gasteiger partial charge in [0.25, 0.3) is 5.91 Å². The molecule has 0 saturated heterocycles. The molecule has 0 radical (unpaired) electrons. The molecule has 4 rings (SSSR count). The highest BCUT2D eigenvalue weighted by molar-refractivity contribution is 8.14. The van der Waals surface area contributed by atoms with Gasteiger partial charge in [-0.05, 0) is 49.4 Å². The van der Waals surface area contributed by atoms with Crippen LogP contribution in [0.1, 0.15) is 11.3 Å². The molecular formula is C24H21ClN2O4S. The molecule has 1 aliphatic rings. The van der Waals surface area contributed by atoms with E-state index >= 15 is 0 Å². The molecule has 0 saturated carbocycles. The third kappa shape index (κ3) is 5.00.